The Kier molecular flexibility index (Phi) is 5.94. The number of amides is 1. The van der Waals surface area contributed by atoms with Gasteiger partial charge in [0, 0.05) is 5.56 Å². The highest BCUT2D eigenvalue weighted by Gasteiger charge is 2.68. The summed E-state index contributed by atoms with van der Waals surface area (Å²) >= 11 is 5.88. The van der Waals surface area contributed by atoms with Gasteiger partial charge in [0.05, 0.1) is 23.9 Å². The Morgan fingerprint density at radius 2 is 1.81 bits per heavy atom. The summed E-state index contributed by atoms with van der Waals surface area (Å²) in [6.07, 6.45) is -3.88. The number of anilines is 1. The average molecular weight is 403 g/mol. The molecular weight excluding hydrogens is 387 g/mol. The third kappa shape index (κ3) is 4.13. The van der Waals surface area contributed by atoms with Gasteiger partial charge in [0.2, 0.25) is 0 Å². The summed E-state index contributed by atoms with van der Waals surface area (Å²) in [7, 11) is 0.785. The van der Waals surface area contributed by atoms with E-state index in [0.29, 0.717) is 5.56 Å². The number of alkyl halides is 3. The van der Waals surface area contributed by atoms with Crippen molar-refractivity contribution < 1.29 is 32.5 Å². The van der Waals surface area contributed by atoms with Gasteiger partial charge >= 0.3 is 17.8 Å². The fourth-order valence-electron chi connectivity index (χ4n) is 2.27. The maximum Gasteiger partial charge on any atom is 0.464 e. The summed E-state index contributed by atoms with van der Waals surface area (Å²) in [6, 6.07) is 8.60. The van der Waals surface area contributed by atoms with Crippen LogP contribution in [-0.4, -0.2) is 30.8 Å². The third-order valence-corrected chi connectivity index (χ3v) is 4.04. The molecule has 0 aliphatic rings. The zero-order chi connectivity index (χ0) is 20.2. The molecule has 0 unspecified atom stereocenters. The van der Waals surface area contributed by atoms with Crippen molar-refractivity contribution in [1.29, 1.82) is 0 Å². The number of rotatable bonds is 5. The molecular formula is C17H16ClF3N3O3+. The van der Waals surface area contributed by atoms with E-state index in [0.717, 1.165) is 7.11 Å². The number of aromatic nitrogens is 1. The standard InChI is InChI=1S/C17H15ClF3N3O3/c1-10-6-5-9-22-13(10)23-16(15(26)27-2,17(19,20)21)24-14(25)11-7-3-4-8-12(11)18/h3-9H,1-2H3,(H,22,23)(H,24,25)/p+1/t16-/m0/s1. The molecule has 0 saturated carbocycles. The molecule has 10 heteroatoms. The van der Waals surface area contributed by atoms with Crippen molar-refractivity contribution in [2.24, 2.45) is 0 Å². The molecule has 1 atom stereocenters. The first-order valence-electron chi connectivity index (χ1n) is 7.60. The van der Waals surface area contributed by atoms with Crippen LogP contribution in [0.5, 0.6) is 0 Å². The number of carbonyl (C=O) groups is 2. The van der Waals surface area contributed by atoms with Crippen LogP contribution >= 0.6 is 11.6 Å². The Labute approximate surface area is 157 Å². The van der Waals surface area contributed by atoms with E-state index in [9.17, 15) is 22.8 Å². The Hall–Kier alpha value is -2.81. The summed E-state index contributed by atoms with van der Waals surface area (Å²) in [5.74, 6) is -3.07. The van der Waals surface area contributed by atoms with Crippen LogP contribution < -0.4 is 15.6 Å². The number of H-pyrrole nitrogens is 1. The molecule has 6 nitrogen and oxygen atoms in total. The van der Waals surface area contributed by atoms with Crippen LogP contribution in [0.1, 0.15) is 15.9 Å². The predicted octanol–water partition coefficient (Wildman–Crippen LogP) is 2.74. The van der Waals surface area contributed by atoms with Crippen LogP contribution in [0.4, 0.5) is 19.0 Å². The molecule has 0 spiro atoms. The van der Waals surface area contributed by atoms with Gasteiger partial charge in [0.1, 0.15) is 0 Å². The summed E-state index contributed by atoms with van der Waals surface area (Å²) in [5, 5.41) is 3.67. The lowest BCUT2D eigenvalue weighted by molar-refractivity contribution is -0.363. The number of hydrogen-bond acceptors (Lipinski definition) is 4. The maximum atomic E-state index is 14.0. The van der Waals surface area contributed by atoms with E-state index < -0.39 is 23.7 Å². The first-order chi connectivity index (χ1) is 12.6. The molecule has 144 valence electrons. The predicted molar refractivity (Wildman–Crippen MR) is 91.1 cm³/mol. The van der Waals surface area contributed by atoms with E-state index in [4.69, 9.17) is 11.6 Å². The molecule has 0 fully saturated rings. The molecule has 1 aromatic heterocycles. The Morgan fingerprint density at radius 3 is 2.37 bits per heavy atom. The first kappa shape index (κ1) is 20.5. The Bertz CT molecular complexity index is 861. The molecule has 1 amide bonds. The van der Waals surface area contributed by atoms with E-state index in [1.54, 1.807) is 11.4 Å². The lowest BCUT2D eigenvalue weighted by atomic mass is 10.1. The van der Waals surface area contributed by atoms with Crippen LogP contribution in [-0.2, 0) is 9.53 Å². The number of carbonyl (C=O) groups excluding carboxylic acids is 2. The van der Waals surface area contributed by atoms with E-state index in [1.807, 2.05) is 5.32 Å². The van der Waals surface area contributed by atoms with Crippen LogP contribution in [0, 0.1) is 6.92 Å². The number of pyridine rings is 1. The minimum Gasteiger partial charge on any atom is -0.464 e. The number of aryl methyl sites for hydroxylation is 1. The van der Waals surface area contributed by atoms with E-state index >= 15 is 0 Å². The van der Waals surface area contributed by atoms with Gasteiger partial charge in [-0.05, 0) is 31.2 Å². The fourth-order valence-corrected chi connectivity index (χ4v) is 2.49. The van der Waals surface area contributed by atoms with Crippen molar-refractivity contribution in [2.75, 3.05) is 12.4 Å². The van der Waals surface area contributed by atoms with Crippen molar-refractivity contribution >= 4 is 29.3 Å². The molecule has 0 radical (unpaired) electrons. The number of aromatic amines is 1. The number of methoxy groups -OCH3 is 1. The summed E-state index contributed by atoms with van der Waals surface area (Å²) in [6.45, 7) is 1.52. The number of esters is 1. The van der Waals surface area contributed by atoms with Gasteiger partial charge in [-0.1, -0.05) is 23.7 Å². The topological polar surface area (TPSA) is 81.6 Å². The second-order valence-electron chi connectivity index (χ2n) is 5.53. The number of hydrogen-bond donors (Lipinski definition) is 2. The quantitative estimate of drug-likeness (QED) is 0.595. The molecule has 2 aromatic rings. The molecule has 0 aliphatic carbocycles. The van der Waals surface area contributed by atoms with Gasteiger partial charge < -0.3 is 4.74 Å². The van der Waals surface area contributed by atoms with E-state index in [1.165, 1.54) is 43.5 Å². The van der Waals surface area contributed by atoms with Crippen molar-refractivity contribution in [3.8, 4) is 0 Å². The molecule has 0 aliphatic heterocycles. The van der Waals surface area contributed by atoms with E-state index in [-0.39, 0.29) is 16.4 Å². The van der Waals surface area contributed by atoms with Crippen molar-refractivity contribution in [1.82, 2.24) is 5.32 Å². The SMILES string of the molecule is COC(=O)[C@@](NC(=O)c1ccccc1Cl)(Nc1[nH+]cccc1C)C(F)(F)F. The van der Waals surface area contributed by atoms with Crippen LogP contribution in [0.3, 0.4) is 0 Å². The van der Waals surface area contributed by atoms with Gasteiger partial charge in [-0.2, -0.15) is 13.2 Å². The number of ether oxygens (including phenoxy) is 1. The van der Waals surface area contributed by atoms with Crippen LogP contribution in [0.25, 0.3) is 0 Å². The Balaban J connectivity index is 2.55. The molecule has 1 heterocycles. The lowest BCUT2D eigenvalue weighted by Gasteiger charge is -2.30. The number of nitrogens with one attached hydrogen (secondary N) is 3. The third-order valence-electron chi connectivity index (χ3n) is 3.71. The number of benzene rings is 1. The molecule has 0 saturated heterocycles. The molecule has 2 rings (SSSR count). The smallest absolute Gasteiger partial charge is 0.464 e. The molecule has 3 N–H and O–H groups in total. The highest BCUT2D eigenvalue weighted by Crippen LogP contribution is 2.33. The monoisotopic (exact) mass is 402 g/mol. The summed E-state index contributed by atoms with van der Waals surface area (Å²) in [5.41, 5.74) is -3.39. The van der Waals surface area contributed by atoms with Crippen molar-refractivity contribution in [3.05, 3.63) is 58.7 Å². The highest BCUT2D eigenvalue weighted by molar-refractivity contribution is 6.33. The zero-order valence-electron chi connectivity index (χ0n) is 14.3. The number of halogens is 4. The van der Waals surface area contributed by atoms with E-state index in [2.05, 4.69) is 9.72 Å². The Morgan fingerprint density at radius 1 is 1.15 bits per heavy atom. The lowest BCUT2D eigenvalue weighted by Crippen LogP contribution is -2.69. The largest absolute Gasteiger partial charge is 0.464 e. The highest BCUT2D eigenvalue weighted by atomic mass is 35.5. The van der Waals surface area contributed by atoms with Gasteiger partial charge in [-0.25, -0.2) is 15.1 Å². The molecule has 0 bridgehead atoms. The van der Waals surface area contributed by atoms with Crippen LogP contribution in [0.15, 0.2) is 42.6 Å². The van der Waals surface area contributed by atoms with Crippen molar-refractivity contribution in [2.45, 2.75) is 18.8 Å². The van der Waals surface area contributed by atoms with Gasteiger partial charge in [0.25, 0.3) is 11.7 Å². The maximum absolute atomic E-state index is 14.0. The zero-order valence-corrected chi connectivity index (χ0v) is 15.0. The second-order valence-corrected chi connectivity index (χ2v) is 5.93. The van der Waals surface area contributed by atoms with Gasteiger partial charge in [0.15, 0.2) is 0 Å². The van der Waals surface area contributed by atoms with Crippen LogP contribution in [0.2, 0.25) is 5.02 Å². The normalized spacial score (nSPS) is 13.4. The summed E-state index contributed by atoms with van der Waals surface area (Å²) in [4.78, 5) is 27.2. The molecule has 1 aromatic carbocycles. The van der Waals surface area contributed by atoms with Gasteiger partial charge in [-0.3, -0.25) is 10.1 Å². The summed E-state index contributed by atoms with van der Waals surface area (Å²) < 4.78 is 46.3. The van der Waals surface area contributed by atoms with Crippen molar-refractivity contribution in [3.63, 3.8) is 0 Å². The minimum atomic E-state index is -5.24. The minimum absolute atomic E-state index is 0.0709. The average Bonchev–Trinajstić information content (AvgIpc) is 2.61. The first-order valence-corrected chi connectivity index (χ1v) is 7.98. The fraction of sp³-hybridized carbons (Fsp3) is 0.235. The molecule has 27 heavy (non-hydrogen) atoms. The van der Waals surface area contributed by atoms with Gasteiger partial charge in [-0.15, -0.1) is 0 Å². The second kappa shape index (κ2) is 7.83.